The molecular weight excluding hydrogens is 265 g/mol. The number of fused-ring (bicyclic) bond motifs is 1. The van der Waals surface area contributed by atoms with E-state index < -0.39 is 0 Å². The Kier molecular flexibility index (Phi) is 3.69. The normalized spacial score (nSPS) is 10.7. The maximum atomic E-state index is 13.6. The number of nitrogens with one attached hydrogen (secondary N) is 1. The van der Waals surface area contributed by atoms with Gasteiger partial charge in [-0.1, -0.05) is 30.3 Å². The average Bonchev–Trinajstić information content (AvgIpc) is 2.50. The van der Waals surface area contributed by atoms with Crippen molar-refractivity contribution in [3.63, 3.8) is 0 Å². The van der Waals surface area contributed by atoms with Crippen molar-refractivity contribution in [2.45, 2.75) is 6.42 Å². The van der Waals surface area contributed by atoms with Crippen molar-refractivity contribution in [2.24, 2.45) is 0 Å². The molecule has 3 N–H and O–H groups in total. The number of nitrogens with zero attached hydrogens (tertiary/aromatic N) is 1. The molecule has 2 aromatic carbocycles. The van der Waals surface area contributed by atoms with E-state index in [1.165, 1.54) is 6.07 Å². The Bertz CT molecular complexity index is 771. The van der Waals surface area contributed by atoms with Gasteiger partial charge in [0, 0.05) is 23.8 Å². The van der Waals surface area contributed by atoms with E-state index in [4.69, 9.17) is 5.73 Å². The van der Waals surface area contributed by atoms with E-state index >= 15 is 0 Å². The van der Waals surface area contributed by atoms with Gasteiger partial charge in [-0.3, -0.25) is 4.98 Å². The molecule has 0 spiro atoms. The Labute approximate surface area is 122 Å². The van der Waals surface area contributed by atoms with Gasteiger partial charge in [0.15, 0.2) is 0 Å². The molecular formula is C17H16FN3. The van der Waals surface area contributed by atoms with Crippen molar-refractivity contribution in [2.75, 3.05) is 17.6 Å². The third-order valence-electron chi connectivity index (χ3n) is 3.47. The number of aromatic nitrogens is 1. The van der Waals surface area contributed by atoms with Gasteiger partial charge in [0.1, 0.15) is 5.82 Å². The Morgan fingerprint density at radius 2 is 1.90 bits per heavy atom. The summed E-state index contributed by atoms with van der Waals surface area (Å²) >= 11 is 0. The Morgan fingerprint density at radius 3 is 2.76 bits per heavy atom. The second-order valence-corrected chi connectivity index (χ2v) is 4.87. The molecule has 0 amide bonds. The van der Waals surface area contributed by atoms with Crippen molar-refractivity contribution >= 4 is 22.3 Å². The second-order valence-electron chi connectivity index (χ2n) is 4.87. The smallest absolute Gasteiger partial charge is 0.126 e. The summed E-state index contributed by atoms with van der Waals surface area (Å²) in [5.74, 6) is -0.164. The summed E-state index contributed by atoms with van der Waals surface area (Å²) in [6.07, 6.45) is 2.35. The fourth-order valence-corrected chi connectivity index (χ4v) is 2.39. The zero-order valence-corrected chi connectivity index (χ0v) is 11.5. The fraction of sp³-hybridized carbons (Fsp3) is 0.118. The summed E-state index contributed by atoms with van der Waals surface area (Å²) in [6, 6.07) is 14.5. The van der Waals surface area contributed by atoms with Crippen molar-refractivity contribution < 1.29 is 4.39 Å². The summed E-state index contributed by atoms with van der Waals surface area (Å²) in [7, 11) is 0. The quantitative estimate of drug-likeness (QED) is 0.718. The molecule has 1 heterocycles. The van der Waals surface area contributed by atoms with Gasteiger partial charge in [0.05, 0.1) is 11.2 Å². The van der Waals surface area contributed by atoms with Crippen LogP contribution < -0.4 is 11.1 Å². The van der Waals surface area contributed by atoms with Crippen molar-refractivity contribution in [1.29, 1.82) is 0 Å². The van der Waals surface area contributed by atoms with Gasteiger partial charge >= 0.3 is 0 Å². The third kappa shape index (κ3) is 2.79. The second kappa shape index (κ2) is 5.79. The number of anilines is 2. The van der Waals surface area contributed by atoms with E-state index in [1.54, 1.807) is 18.3 Å². The molecule has 0 atom stereocenters. The number of para-hydroxylation sites is 1. The van der Waals surface area contributed by atoms with Crippen molar-refractivity contribution in [3.05, 3.63) is 66.1 Å². The molecule has 3 nitrogen and oxygen atoms in total. The van der Waals surface area contributed by atoms with Crippen LogP contribution in [0.1, 0.15) is 5.56 Å². The largest absolute Gasteiger partial charge is 0.397 e. The number of halogens is 1. The lowest BCUT2D eigenvalue weighted by Gasteiger charge is -2.10. The summed E-state index contributed by atoms with van der Waals surface area (Å²) in [5, 5.41) is 4.31. The molecule has 106 valence electrons. The molecule has 0 radical (unpaired) electrons. The van der Waals surface area contributed by atoms with Crippen LogP contribution in [-0.4, -0.2) is 11.5 Å². The Hall–Kier alpha value is -2.62. The van der Waals surface area contributed by atoms with Crippen LogP contribution in [0.15, 0.2) is 54.7 Å². The first-order chi connectivity index (χ1) is 10.3. The molecule has 0 bridgehead atoms. The minimum atomic E-state index is -0.164. The van der Waals surface area contributed by atoms with Gasteiger partial charge < -0.3 is 11.1 Å². The van der Waals surface area contributed by atoms with E-state index in [-0.39, 0.29) is 5.82 Å². The number of nitrogen functional groups attached to an aromatic ring is 1. The van der Waals surface area contributed by atoms with E-state index in [0.29, 0.717) is 24.2 Å². The molecule has 0 saturated heterocycles. The fourth-order valence-electron chi connectivity index (χ4n) is 2.39. The van der Waals surface area contributed by atoms with Crippen molar-refractivity contribution in [3.8, 4) is 0 Å². The molecule has 0 aliphatic carbocycles. The third-order valence-corrected chi connectivity index (χ3v) is 3.47. The molecule has 3 aromatic rings. The number of nitrogens with two attached hydrogens (primary N) is 1. The lowest BCUT2D eigenvalue weighted by Crippen LogP contribution is -2.06. The lowest BCUT2D eigenvalue weighted by atomic mass is 10.1. The highest BCUT2D eigenvalue weighted by molar-refractivity contribution is 5.97. The van der Waals surface area contributed by atoms with Crippen LogP contribution in [-0.2, 0) is 6.42 Å². The lowest BCUT2D eigenvalue weighted by molar-refractivity contribution is 0.610. The number of hydrogen-bond acceptors (Lipinski definition) is 3. The van der Waals surface area contributed by atoms with Gasteiger partial charge in [-0.05, 0) is 30.2 Å². The van der Waals surface area contributed by atoms with Crippen LogP contribution in [0.3, 0.4) is 0 Å². The van der Waals surface area contributed by atoms with Gasteiger partial charge in [0.2, 0.25) is 0 Å². The SMILES string of the molecule is Nc1cccc2c(NCCc3ccccc3F)ccnc12. The van der Waals surface area contributed by atoms with Gasteiger partial charge in [-0.25, -0.2) is 4.39 Å². The molecule has 0 fully saturated rings. The van der Waals surface area contributed by atoms with Gasteiger partial charge in [-0.15, -0.1) is 0 Å². The Balaban J connectivity index is 1.77. The van der Waals surface area contributed by atoms with Crippen LogP contribution >= 0.6 is 0 Å². The van der Waals surface area contributed by atoms with E-state index in [2.05, 4.69) is 10.3 Å². The highest BCUT2D eigenvalue weighted by atomic mass is 19.1. The van der Waals surface area contributed by atoms with Gasteiger partial charge in [-0.2, -0.15) is 0 Å². The first-order valence-corrected chi connectivity index (χ1v) is 6.86. The summed E-state index contributed by atoms with van der Waals surface area (Å²) in [4.78, 5) is 4.30. The molecule has 4 heteroatoms. The van der Waals surface area contributed by atoms with Gasteiger partial charge in [0.25, 0.3) is 0 Å². The summed E-state index contributed by atoms with van der Waals surface area (Å²) < 4.78 is 13.6. The number of hydrogen-bond donors (Lipinski definition) is 2. The first-order valence-electron chi connectivity index (χ1n) is 6.86. The van der Waals surface area contributed by atoms with Crippen LogP contribution in [0.25, 0.3) is 10.9 Å². The minimum Gasteiger partial charge on any atom is -0.397 e. The molecule has 1 aromatic heterocycles. The number of rotatable bonds is 4. The molecule has 0 unspecified atom stereocenters. The van der Waals surface area contributed by atoms with E-state index in [1.807, 2.05) is 30.3 Å². The van der Waals surface area contributed by atoms with E-state index in [0.717, 1.165) is 16.6 Å². The number of benzene rings is 2. The number of pyridine rings is 1. The van der Waals surface area contributed by atoms with Crippen LogP contribution in [0.5, 0.6) is 0 Å². The van der Waals surface area contributed by atoms with Crippen LogP contribution in [0.2, 0.25) is 0 Å². The molecule has 0 aliphatic heterocycles. The highest BCUT2D eigenvalue weighted by Crippen LogP contribution is 2.25. The summed E-state index contributed by atoms with van der Waals surface area (Å²) in [5.41, 5.74) is 9.04. The minimum absolute atomic E-state index is 0.164. The first kappa shape index (κ1) is 13.4. The maximum Gasteiger partial charge on any atom is 0.126 e. The van der Waals surface area contributed by atoms with Crippen LogP contribution in [0.4, 0.5) is 15.8 Å². The predicted octanol–water partition coefficient (Wildman–Crippen LogP) is 3.61. The van der Waals surface area contributed by atoms with Crippen molar-refractivity contribution in [1.82, 2.24) is 4.98 Å². The zero-order valence-electron chi connectivity index (χ0n) is 11.5. The predicted molar refractivity (Wildman–Crippen MR) is 84.7 cm³/mol. The Morgan fingerprint density at radius 1 is 1.05 bits per heavy atom. The standard InChI is InChI=1S/C17H16FN3/c18-14-6-2-1-4-12(14)8-10-20-16-9-11-21-17-13(16)5-3-7-15(17)19/h1-7,9,11H,8,10,19H2,(H,20,21). The monoisotopic (exact) mass is 281 g/mol. The maximum absolute atomic E-state index is 13.6. The average molecular weight is 281 g/mol. The molecule has 3 rings (SSSR count). The van der Waals surface area contributed by atoms with E-state index in [9.17, 15) is 4.39 Å². The van der Waals surface area contributed by atoms with Crippen LogP contribution in [0, 0.1) is 5.82 Å². The zero-order chi connectivity index (χ0) is 14.7. The molecule has 21 heavy (non-hydrogen) atoms. The summed E-state index contributed by atoms with van der Waals surface area (Å²) in [6.45, 7) is 0.648. The topological polar surface area (TPSA) is 50.9 Å². The molecule has 0 saturated carbocycles. The highest BCUT2D eigenvalue weighted by Gasteiger charge is 2.05. The molecule has 0 aliphatic rings.